The molecule has 0 saturated heterocycles. The van der Waals surface area contributed by atoms with Gasteiger partial charge in [-0.05, 0) is 48.5 Å². The van der Waals surface area contributed by atoms with Gasteiger partial charge >= 0.3 is 0 Å². The van der Waals surface area contributed by atoms with Gasteiger partial charge in [-0.2, -0.15) is 4.98 Å². The molecule has 4 rings (SSSR count). The first kappa shape index (κ1) is 17.6. The fourth-order valence-corrected chi connectivity index (χ4v) is 3.11. The molecule has 2 aromatic carbocycles. The van der Waals surface area contributed by atoms with Crippen molar-refractivity contribution in [1.82, 2.24) is 25.3 Å². The summed E-state index contributed by atoms with van der Waals surface area (Å²) in [7, 11) is 1.63. The highest BCUT2D eigenvalue weighted by atomic mass is 35.5. The Kier molecular flexibility index (Phi) is 5.08. The van der Waals surface area contributed by atoms with Crippen LogP contribution in [0.1, 0.15) is 5.89 Å². The van der Waals surface area contributed by atoms with E-state index in [0.29, 0.717) is 33.5 Å². The van der Waals surface area contributed by atoms with Gasteiger partial charge in [0.2, 0.25) is 16.9 Å². The summed E-state index contributed by atoms with van der Waals surface area (Å²) in [5.41, 5.74) is 1.78. The number of hydrogen-bond donors (Lipinski definition) is 1. The molecule has 9 heteroatoms. The maximum Gasteiger partial charge on any atom is 0.237 e. The molecular formula is C18H14ClN5O2S. The van der Waals surface area contributed by atoms with Crippen LogP contribution in [0.15, 0.2) is 58.2 Å². The molecule has 0 aliphatic rings. The number of methoxy groups -OCH3 is 1. The van der Waals surface area contributed by atoms with Gasteiger partial charge in [0, 0.05) is 16.1 Å². The number of rotatable bonds is 6. The van der Waals surface area contributed by atoms with Crippen molar-refractivity contribution < 1.29 is 9.26 Å². The van der Waals surface area contributed by atoms with Gasteiger partial charge in [0.1, 0.15) is 5.75 Å². The molecule has 1 N–H and O–H groups in total. The van der Waals surface area contributed by atoms with Crippen molar-refractivity contribution in [3.63, 3.8) is 0 Å². The number of benzene rings is 2. The number of aromatic amines is 1. The zero-order valence-electron chi connectivity index (χ0n) is 14.2. The Hall–Kier alpha value is -2.84. The summed E-state index contributed by atoms with van der Waals surface area (Å²) in [4.78, 5) is 8.86. The van der Waals surface area contributed by atoms with Gasteiger partial charge in [-0.3, -0.25) is 5.10 Å². The lowest BCUT2D eigenvalue weighted by Crippen LogP contribution is -1.84. The van der Waals surface area contributed by atoms with E-state index in [1.165, 1.54) is 11.8 Å². The smallest absolute Gasteiger partial charge is 0.237 e. The van der Waals surface area contributed by atoms with Gasteiger partial charge in [-0.15, -0.1) is 5.10 Å². The topological polar surface area (TPSA) is 89.7 Å². The summed E-state index contributed by atoms with van der Waals surface area (Å²) >= 11 is 7.30. The molecule has 0 atom stereocenters. The summed E-state index contributed by atoms with van der Waals surface area (Å²) in [5.74, 6) is 2.98. The first-order chi connectivity index (χ1) is 13.2. The molecule has 0 aliphatic carbocycles. The zero-order chi connectivity index (χ0) is 18.6. The molecule has 7 nitrogen and oxygen atoms in total. The highest BCUT2D eigenvalue weighted by molar-refractivity contribution is 7.98. The lowest BCUT2D eigenvalue weighted by molar-refractivity contribution is 0.391. The van der Waals surface area contributed by atoms with Crippen molar-refractivity contribution >= 4 is 23.4 Å². The third-order valence-corrected chi connectivity index (χ3v) is 4.81. The third-order valence-electron chi connectivity index (χ3n) is 3.72. The molecule has 0 aliphatic heterocycles. The predicted octanol–water partition coefficient (Wildman–Crippen LogP) is 4.48. The van der Waals surface area contributed by atoms with Crippen LogP contribution in [0.25, 0.3) is 22.8 Å². The minimum absolute atomic E-state index is 0.473. The molecule has 0 spiro atoms. The minimum atomic E-state index is 0.473. The lowest BCUT2D eigenvalue weighted by atomic mass is 10.2. The first-order valence-corrected chi connectivity index (χ1v) is 9.36. The van der Waals surface area contributed by atoms with Gasteiger partial charge in [0.15, 0.2) is 5.82 Å². The summed E-state index contributed by atoms with van der Waals surface area (Å²) in [6.07, 6.45) is 0. The normalized spacial score (nSPS) is 10.9. The van der Waals surface area contributed by atoms with Crippen LogP contribution in [-0.4, -0.2) is 32.4 Å². The van der Waals surface area contributed by atoms with Crippen LogP contribution in [-0.2, 0) is 5.75 Å². The summed E-state index contributed by atoms with van der Waals surface area (Å²) in [5, 5.41) is 12.4. The van der Waals surface area contributed by atoms with E-state index in [2.05, 4.69) is 25.3 Å². The fraction of sp³-hybridized carbons (Fsp3) is 0.111. The largest absolute Gasteiger partial charge is 0.497 e. The third kappa shape index (κ3) is 4.12. The van der Waals surface area contributed by atoms with Crippen molar-refractivity contribution in [1.29, 1.82) is 0 Å². The summed E-state index contributed by atoms with van der Waals surface area (Å²) in [6.45, 7) is 0. The Bertz CT molecular complexity index is 1030. The van der Waals surface area contributed by atoms with Crippen LogP contribution in [0.5, 0.6) is 5.75 Å². The molecular weight excluding hydrogens is 386 g/mol. The summed E-state index contributed by atoms with van der Waals surface area (Å²) < 4.78 is 10.5. The predicted molar refractivity (Wildman–Crippen MR) is 103 cm³/mol. The Morgan fingerprint density at radius 2 is 1.78 bits per heavy atom. The molecule has 2 aromatic heterocycles. The van der Waals surface area contributed by atoms with Gasteiger partial charge in [-0.1, -0.05) is 28.5 Å². The number of thioether (sulfide) groups is 1. The quantitative estimate of drug-likeness (QED) is 0.478. The average molecular weight is 400 g/mol. The molecule has 4 aromatic rings. The molecule has 0 fully saturated rings. The van der Waals surface area contributed by atoms with E-state index in [1.807, 2.05) is 36.4 Å². The Morgan fingerprint density at radius 3 is 2.52 bits per heavy atom. The van der Waals surface area contributed by atoms with E-state index in [0.717, 1.165) is 16.9 Å². The zero-order valence-corrected chi connectivity index (χ0v) is 15.8. The number of ether oxygens (including phenoxy) is 1. The fourth-order valence-electron chi connectivity index (χ4n) is 2.34. The Morgan fingerprint density at radius 1 is 1.04 bits per heavy atom. The van der Waals surface area contributed by atoms with E-state index >= 15 is 0 Å². The van der Waals surface area contributed by atoms with E-state index in [4.69, 9.17) is 20.9 Å². The highest BCUT2D eigenvalue weighted by Crippen LogP contribution is 2.25. The second kappa shape index (κ2) is 7.81. The van der Waals surface area contributed by atoms with E-state index in [-0.39, 0.29) is 0 Å². The monoisotopic (exact) mass is 399 g/mol. The molecule has 0 radical (unpaired) electrons. The average Bonchev–Trinajstić information content (AvgIpc) is 3.37. The second-order valence-electron chi connectivity index (χ2n) is 5.50. The van der Waals surface area contributed by atoms with Crippen LogP contribution in [0, 0.1) is 0 Å². The molecule has 27 heavy (non-hydrogen) atoms. The van der Waals surface area contributed by atoms with Crippen molar-refractivity contribution in [3.8, 4) is 28.5 Å². The van der Waals surface area contributed by atoms with Gasteiger partial charge in [0.25, 0.3) is 0 Å². The number of H-pyrrole nitrogens is 1. The summed E-state index contributed by atoms with van der Waals surface area (Å²) in [6, 6.07) is 14.9. The van der Waals surface area contributed by atoms with Crippen LogP contribution in [0.3, 0.4) is 0 Å². The molecule has 0 unspecified atom stereocenters. The van der Waals surface area contributed by atoms with Crippen molar-refractivity contribution in [2.24, 2.45) is 0 Å². The van der Waals surface area contributed by atoms with Crippen molar-refractivity contribution in [2.75, 3.05) is 7.11 Å². The Labute approximate surface area is 164 Å². The molecule has 2 heterocycles. The number of nitrogens with one attached hydrogen (secondary N) is 1. The first-order valence-electron chi connectivity index (χ1n) is 7.99. The lowest BCUT2D eigenvalue weighted by Gasteiger charge is -1.99. The van der Waals surface area contributed by atoms with E-state index in [9.17, 15) is 0 Å². The number of hydrogen-bond acceptors (Lipinski definition) is 7. The SMILES string of the molecule is COc1ccc(-c2nc(SCc3nc(-c4ccc(Cl)cc4)no3)n[nH]2)cc1. The minimum Gasteiger partial charge on any atom is -0.497 e. The second-order valence-corrected chi connectivity index (χ2v) is 6.88. The maximum atomic E-state index is 5.89. The molecule has 0 saturated carbocycles. The molecule has 0 bridgehead atoms. The maximum absolute atomic E-state index is 5.89. The van der Waals surface area contributed by atoms with Gasteiger partial charge in [-0.25, -0.2) is 4.98 Å². The van der Waals surface area contributed by atoms with Crippen LogP contribution < -0.4 is 4.74 Å². The van der Waals surface area contributed by atoms with Crippen LogP contribution in [0.2, 0.25) is 5.02 Å². The van der Waals surface area contributed by atoms with Crippen molar-refractivity contribution in [2.45, 2.75) is 10.9 Å². The van der Waals surface area contributed by atoms with Gasteiger partial charge in [0.05, 0.1) is 12.9 Å². The van der Waals surface area contributed by atoms with Gasteiger partial charge < -0.3 is 9.26 Å². The number of halogens is 1. The van der Waals surface area contributed by atoms with Crippen LogP contribution >= 0.6 is 23.4 Å². The Balaban J connectivity index is 1.40. The van der Waals surface area contributed by atoms with E-state index in [1.54, 1.807) is 19.2 Å². The van der Waals surface area contributed by atoms with Crippen LogP contribution in [0.4, 0.5) is 0 Å². The highest BCUT2D eigenvalue weighted by Gasteiger charge is 2.12. The number of aromatic nitrogens is 5. The van der Waals surface area contributed by atoms with Crippen molar-refractivity contribution in [3.05, 3.63) is 59.4 Å². The number of nitrogens with zero attached hydrogens (tertiary/aromatic N) is 4. The molecule has 0 amide bonds. The van der Waals surface area contributed by atoms with E-state index < -0.39 is 0 Å². The standard InChI is InChI=1S/C18H14ClN5O2S/c1-25-14-8-4-11(5-9-14)16-21-18(23-22-16)27-10-15-20-17(24-26-15)12-2-6-13(19)7-3-12/h2-9H,10H2,1H3,(H,21,22,23). The molecule has 136 valence electrons.